The second-order valence-corrected chi connectivity index (χ2v) is 5.74. The largest absolute Gasteiger partial charge is 0.489 e. The summed E-state index contributed by atoms with van der Waals surface area (Å²) in [6, 6.07) is 14.2. The monoisotopic (exact) mass is 351 g/mol. The maximum atomic E-state index is 12.5. The van der Waals surface area contributed by atoms with Crippen LogP contribution in [0.15, 0.2) is 54.6 Å². The molecule has 0 saturated heterocycles. The molecule has 0 bridgehead atoms. The van der Waals surface area contributed by atoms with Gasteiger partial charge in [0.15, 0.2) is 0 Å². The molecule has 0 spiro atoms. The van der Waals surface area contributed by atoms with Gasteiger partial charge >= 0.3 is 6.18 Å². The van der Waals surface area contributed by atoms with Crippen LogP contribution in [0.1, 0.15) is 24.5 Å². The van der Waals surface area contributed by atoms with Crippen LogP contribution in [0, 0.1) is 0 Å². The zero-order valence-corrected chi connectivity index (χ0v) is 13.8. The Kier molecular flexibility index (Phi) is 6.44. The molecule has 6 heteroatoms. The van der Waals surface area contributed by atoms with Crippen molar-refractivity contribution in [3.8, 4) is 5.75 Å². The van der Waals surface area contributed by atoms with Crippen LogP contribution in [0.5, 0.6) is 5.75 Å². The van der Waals surface area contributed by atoms with E-state index in [1.165, 1.54) is 12.1 Å². The van der Waals surface area contributed by atoms with Gasteiger partial charge in [-0.15, -0.1) is 0 Å². The van der Waals surface area contributed by atoms with Crippen molar-refractivity contribution < 1.29 is 22.7 Å². The Morgan fingerprint density at radius 2 is 1.72 bits per heavy atom. The molecule has 1 unspecified atom stereocenters. The van der Waals surface area contributed by atoms with Crippen LogP contribution in [0.25, 0.3) is 0 Å². The van der Waals surface area contributed by atoms with Gasteiger partial charge in [0, 0.05) is 6.42 Å². The molecule has 0 aliphatic heterocycles. The van der Waals surface area contributed by atoms with Gasteiger partial charge < -0.3 is 10.1 Å². The Hall–Kier alpha value is -2.50. The molecule has 0 saturated carbocycles. The van der Waals surface area contributed by atoms with Crippen molar-refractivity contribution in [3.63, 3.8) is 0 Å². The number of aryl methyl sites for hydroxylation is 1. The van der Waals surface area contributed by atoms with Gasteiger partial charge in [0.1, 0.15) is 11.9 Å². The van der Waals surface area contributed by atoms with Gasteiger partial charge in [-0.2, -0.15) is 13.2 Å². The lowest BCUT2D eigenvalue weighted by molar-refractivity contribution is -0.137. The molecular formula is C19H20F3NO2. The number of alkyl halides is 3. The van der Waals surface area contributed by atoms with Crippen molar-refractivity contribution in [1.29, 1.82) is 0 Å². The number of halogens is 3. The molecule has 0 fully saturated rings. The van der Waals surface area contributed by atoms with Crippen LogP contribution in [0.3, 0.4) is 0 Å². The summed E-state index contributed by atoms with van der Waals surface area (Å²) >= 11 is 0. The standard InChI is InChI=1S/C19H20F3NO2/c1-14(25-17-5-3-2-4-6-17)13-23-18(24)12-9-15-7-10-16(11-8-15)19(20,21)22/h2-8,10-11,14H,9,12-13H2,1H3,(H,23,24). The number of amides is 1. The molecule has 1 atom stereocenters. The number of hydrogen-bond donors (Lipinski definition) is 1. The molecule has 2 rings (SSSR count). The molecular weight excluding hydrogens is 331 g/mol. The van der Waals surface area contributed by atoms with E-state index in [1.807, 2.05) is 37.3 Å². The van der Waals surface area contributed by atoms with E-state index in [0.717, 1.165) is 17.9 Å². The fourth-order valence-electron chi connectivity index (χ4n) is 2.24. The lowest BCUT2D eigenvalue weighted by atomic mass is 10.1. The number of carbonyl (C=O) groups is 1. The summed E-state index contributed by atoms with van der Waals surface area (Å²) in [5.41, 5.74) is 0.00400. The van der Waals surface area contributed by atoms with E-state index in [2.05, 4.69) is 5.32 Å². The van der Waals surface area contributed by atoms with Crippen LogP contribution >= 0.6 is 0 Å². The van der Waals surface area contributed by atoms with E-state index in [9.17, 15) is 18.0 Å². The highest BCUT2D eigenvalue weighted by Crippen LogP contribution is 2.29. The predicted octanol–water partition coefficient (Wildman–Crippen LogP) is 4.22. The Morgan fingerprint density at radius 1 is 1.08 bits per heavy atom. The molecule has 0 aliphatic carbocycles. The van der Waals surface area contributed by atoms with Crippen LogP contribution in [0.2, 0.25) is 0 Å². The SMILES string of the molecule is CC(CNC(=O)CCc1ccc(C(F)(F)F)cc1)Oc1ccccc1. The predicted molar refractivity (Wildman–Crippen MR) is 89.3 cm³/mol. The minimum absolute atomic E-state index is 0.164. The Labute approximate surface area is 144 Å². The molecule has 0 aliphatic rings. The third-order valence-corrected chi connectivity index (χ3v) is 3.59. The van der Waals surface area contributed by atoms with Crippen molar-refractivity contribution in [2.45, 2.75) is 32.0 Å². The number of hydrogen-bond acceptors (Lipinski definition) is 2. The van der Waals surface area contributed by atoms with E-state index in [1.54, 1.807) is 0 Å². The number of benzene rings is 2. The van der Waals surface area contributed by atoms with Crippen molar-refractivity contribution in [1.82, 2.24) is 5.32 Å². The van der Waals surface area contributed by atoms with E-state index in [0.29, 0.717) is 18.5 Å². The Balaban J connectivity index is 1.71. The first kappa shape index (κ1) is 18.8. The fourth-order valence-corrected chi connectivity index (χ4v) is 2.24. The molecule has 0 radical (unpaired) electrons. The lowest BCUT2D eigenvalue weighted by Gasteiger charge is -2.15. The first-order chi connectivity index (χ1) is 11.8. The molecule has 134 valence electrons. The van der Waals surface area contributed by atoms with E-state index in [4.69, 9.17) is 4.74 Å². The van der Waals surface area contributed by atoms with Gasteiger partial charge in [0.25, 0.3) is 0 Å². The highest BCUT2D eigenvalue weighted by molar-refractivity contribution is 5.76. The van der Waals surface area contributed by atoms with Gasteiger partial charge in [0.2, 0.25) is 5.91 Å². The minimum Gasteiger partial charge on any atom is -0.489 e. The maximum Gasteiger partial charge on any atom is 0.416 e. The molecule has 2 aromatic rings. The zero-order valence-electron chi connectivity index (χ0n) is 13.8. The number of carbonyl (C=O) groups excluding carboxylic acids is 1. The van der Waals surface area contributed by atoms with Crippen molar-refractivity contribution >= 4 is 5.91 Å². The first-order valence-corrected chi connectivity index (χ1v) is 7.99. The quantitative estimate of drug-likeness (QED) is 0.811. The Bertz CT molecular complexity index is 669. The lowest BCUT2D eigenvalue weighted by Crippen LogP contribution is -2.33. The summed E-state index contributed by atoms with van der Waals surface area (Å²) in [7, 11) is 0. The van der Waals surface area contributed by atoms with Gasteiger partial charge in [-0.05, 0) is 43.2 Å². The topological polar surface area (TPSA) is 38.3 Å². The van der Waals surface area contributed by atoms with Crippen molar-refractivity contribution in [2.75, 3.05) is 6.54 Å². The van der Waals surface area contributed by atoms with Gasteiger partial charge in [-0.1, -0.05) is 30.3 Å². The average Bonchev–Trinajstić information content (AvgIpc) is 2.58. The summed E-state index contributed by atoms with van der Waals surface area (Å²) in [4.78, 5) is 11.9. The number of para-hydroxylation sites is 1. The van der Waals surface area contributed by atoms with E-state index < -0.39 is 11.7 Å². The van der Waals surface area contributed by atoms with E-state index in [-0.39, 0.29) is 18.4 Å². The maximum absolute atomic E-state index is 12.5. The van der Waals surface area contributed by atoms with Gasteiger partial charge in [0.05, 0.1) is 12.1 Å². The highest BCUT2D eigenvalue weighted by atomic mass is 19.4. The average molecular weight is 351 g/mol. The summed E-state index contributed by atoms with van der Waals surface area (Å²) in [5, 5.41) is 2.76. The fraction of sp³-hybridized carbons (Fsp3) is 0.316. The van der Waals surface area contributed by atoms with Crippen LogP contribution in [-0.2, 0) is 17.4 Å². The Morgan fingerprint density at radius 3 is 2.32 bits per heavy atom. The van der Waals surface area contributed by atoms with Crippen LogP contribution in [-0.4, -0.2) is 18.6 Å². The molecule has 25 heavy (non-hydrogen) atoms. The summed E-state index contributed by atoms with van der Waals surface area (Å²) < 4.78 is 43.1. The third-order valence-electron chi connectivity index (χ3n) is 3.59. The summed E-state index contributed by atoms with van der Waals surface area (Å²) in [5.74, 6) is 0.567. The second kappa shape index (κ2) is 8.55. The molecule has 0 heterocycles. The van der Waals surface area contributed by atoms with Crippen LogP contribution < -0.4 is 10.1 Å². The van der Waals surface area contributed by atoms with Crippen molar-refractivity contribution in [2.24, 2.45) is 0 Å². The normalized spacial score (nSPS) is 12.5. The minimum atomic E-state index is -4.34. The summed E-state index contributed by atoms with van der Waals surface area (Å²) in [6.45, 7) is 2.21. The number of nitrogens with one attached hydrogen (secondary N) is 1. The third kappa shape index (κ3) is 6.49. The second-order valence-electron chi connectivity index (χ2n) is 5.74. The summed E-state index contributed by atoms with van der Waals surface area (Å²) in [6.07, 6.45) is -3.93. The molecule has 2 aromatic carbocycles. The number of ether oxygens (including phenoxy) is 1. The first-order valence-electron chi connectivity index (χ1n) is 7.99. The molecule has 1 amide bonds. The van der Waals surface area contributed by atoms with Crippen LogP contribution in [0.4, 0.5) is 13.2 Å². The molecule has 0 aromatic heterocycles. The molecule has 3 nitrogen and oxygen atoms in total. The zero-order chi connectivity index (χ0) is 18.3. The highest BCUT2D eigenvalue weighted by Gasteiger charge is 2.29. The molecule has 1 N–H and O–H groups in total. The van der Waals surface area contributed by atoms with Gasteiger partial charge in [-0.25, -0.2) is 0 Å². The number of rotatable bonds is 7. The van der Waals surface area contributed by atoms with E-state index >= 15 is 0 Å². The van der Waals surface area contributed by atoms with Crippen molar-refractivity contribution in [3.05, 3.63) is 65.7 Å². The van der Waals surface area contributed by atoms with Gasteiger partial charge in [-0.3, -0.25) is 4.79 Å². The smallest absolute Gasteiger partial charge is 0.416 e.